The maximum absolute atomic E-state index is 14.0. The van der Waals surface area contributed by atoms with Crippen LogP contribution < -0.4 is 54.7 Å². The van der Waals surface area contributed by atoms with E-state index in [1.807, 2.05) is 66.7 Å². The summed E-state index contributed by atoms with van der Waals surface area (Å²) >= 11 is 0. The van der Waals surface area contributed by atoms with Gasteiger partial charge in [0.2, 0.25) is 0 Å². The molecule has 17 nitrogen and oxygen atoms in total. The average molecular weight is 1140 g/mol. The van der Waals surface area contributed by atoms with Gasteiger partial charge in [0.05, 0.1) is 19.8 Å². The zero-order valence-corrected chi connectivity index (χ0v) is 47.6. The molecule has 0 bridgehead atoms. The lowest BCUT2D eigenvalue weighted by molar-refractivity contribution is -0.139. The molecule has 8 aromatic rings. The van der Waals surface area contributed by atoms with Crippen molar-refractivity contribution >= 4 is 88.3 Å². The minimum atomic E-state index is -1.16. The van der Waals surface area contributed by atoms with E-state index in [-0.39, 0.29) is 62.5 Å². The molecule has 1 amide bonds. The first-order valence-electron chi connectivity index (χ1n) is 29.9. The number of carboxylic acid groups (broad SMARTS) is 2. The molecule has 8 aromatic carbocycles. The fourth-order valence-corrected chi connectivity index (χ4v) is 11.6. The second kappa shape index (κ2) is 30.0. The van der Waals surface area contributed by atoms with Crippen LogP contribution >= 0.6 is 0 Å². The highest BCUT2D eigenvalue weighted by Crippen LogP contribution is 2.55. The quantitative estimate of drug-likeness (QED) is 0.0154. The summed E-state index contributed by atoms with van der Waals surface area (Å²) in [6.45, 7) is -0.201. The number of carbonyl (C=O) groups excluding carboxylic acids is 2. The van der Waals surface area contributed by atoms with Gasteiger partial charge < -0.3 is 59.2 Å². The standard InChI is InChI=1S/C66H79N3O14/c67-34-17-13-9-5-1-2-6-10-15-19-36-77-60-45-25-22-31-51-57(45)56-46(26-21-30-50(56)65(60)82-41-68)61-66(51)83-42-69-52(71)39-80-64-49-29-20-24-44-55(49)58-47(27-23-28-48(58)63(64)79-38-43(70)33-37-78-61)62(81-40-54(74)75)59(44)76-35-18-14-11-7-3-4-8-12-16-32-53(72)73/h20-31H,1-19,32-42,67-68H2,(H,69,71)(H,72,73)(H,74,75). The van der Waals surface area contributed by atoms with Crippen molar-refractivity contribution in [3.8, 4) is 46.0 Å². The van der Waals surface area contributed by atoms with Crippen molar-refractivity contribution in [3.05, 3.63) is 72.8 Å². The van der Waals surface area contributed by atoms with Gasteiger partial charge in [0.15, 0.2) is 71.7 Å². The molecule has 1 heterocycles. The molecule has 0 aromatic heterocycles. The summed E-state index contributed by atoms with van der Waals surface area (Å²) in [5, 5.41) is 30.1. The minimum Gasteiger partial charge on any atom is -0.489 e. The van der Waals surface area contributed by atoms with Gasteiger partial charge in [0, 0.05) is 77.5 Å². The van der Waals surface area contributed by atoms with Gasteiger partial charge in [0.25, 0.3) is 5.91 Å². The molecule has 0 fully saturated rings. The van der Waals surface area contributed by atoms with E-state index >= 15 is 0 Å². The van der Waals surface area contributed by atoms with E-state index in [1.54, 1.807) is 6.07 Å². The lowest BCUT2D eigenvalue weighted by atomic mass is 9.91. The van der Waals surface area contributed by atoms with Crippen LogP contribution in [0.25, 0.3) is 64.6 Å². The zero-order valence-electron chi connectivity index (χ0n) is 47.6. The highest BCUT2D eigenvalue weighted by atomic mass is 16.5. The number of nitrogens with one attached hydrogen (secondary N) is 1. The van der Waals surface area contributed by atoms with Crippen LogP contribution in [0.15, 0.2) is 72.8 Å². The maximum atomic E-state index is 14.0. The van der Waals surface area contributed by atoms with Crippen LogP contribution in [0.5, 0.6) is 46.0 Å². The first-order valence-corrected chi connectivity index (χ1v) is 29.9. The first kappa shape index (κ1) is 59.8. The second-order valence-corrected chi connectivity index (χ2v) is 21.5. The molecule has 0 unspecified atom stereocenters. The number of unbranched alkanes of at least 4 members (excludes halogenated alkanes) is 17. The topological polar surface area (TPSA) is 247 Å². The highest BCUT2D eigenvalue weighted by Gasteiger charge is 2.29. The average Bonchev–Trinajstić information content (AvgIpc) is 2.02. The number of nitrogens with two attached hydrogens (primary N) is 2. The molecule has 442 valence electrons. The number of amides is 1. The van der Waals surface area contributed by atoms with Gasteiger partial charge in [-0.15, -0.1) is 0 Å². The SMILES string of the molecule is NCCCCCCCCCCCCOc1c(OCN)c2cccc3c4c(c5cccc1c5c23)OCNC(=O)COc1c(c2cccc3c(OCC(=O)O)c(OCCCCCCCCCCCC(=O)O)c5cccc1c5c32)OCC(=O)CCO4. The van der Waals surface area contributed by atoms with E-state index in [9.17, 15) is 24.3 Å². The predicted octanol–water partition coefficient (Wildman–Crippen LogP) is 13.1. The number of Topliss-reactive ketones (excluding diaryl/α,β-unsaturated/α-hetero) is 1. The predicted molar refractivity (Wildman–Crippen MR) is 323 cm³/mol. The van der Waals surface area contributed by atoms with Gasteiger partial charge in [0.1, 0.15) is 13.3 Å². The van der Waals surface area contributed by atoms with Crippen molar-refractivity contribution in [2.75, 3.05) is 59.6 Å². The largest absolute Gasteiger partial charge is 0.489 e. The lowest BCUT2D eigenvalue weighted by Gasteiger charge is -2.24. The summed E-state index contributed by atoms with van der Waals surface area (Å²) < 4.78 is 51.7. The molecule has 0 radical (unpaired) electrons. The van der Waals surface area contributed by atoms with Gasteiger partial charge in [-0.05, 0) is 32.2 Å². The summed E-state index contributed by atoms with van der Waals surface area (Å²) in [5.41, 5.74) is 11.7. The number of carboxylic acids is 2. The van der Waals surface area contributed by atoms with Crippen LogP contribution in [0.1, 0.15) is 135 Å². The van der Waals surface area contributed by atoms with Crippen molar-refractivity contribution in [1.82, 2.24) is 5.32 Å². The number of benzene rings is 8. The van der Waals surface area contributed by atoms with Crippen LogP contribution in [-0.2, 0) is 19.2 Å². The number of ketones is 1. The molecule has 0 saturated carbocycles. The van der Waals surface area contributed by atoms with E-state index in [0.29, 0.717) is 86.1 Å². The smallest absolute Gasteiger partial charge is 0.341 e. The molecular weight excluding hydrogens is 1060 g/mol. The van der Waals surface area contributed by atoms with Crippen LogP contribution in [0.2, 0.25) is 0 Å². The van der Waals surface area contributed by atoms with Gasteiger partial charge in [-0.3, -0.25) is 20.1 Å². The maximum Gasteiger partial charge on any atom is 0.341 e. The molecule has 7 N–H and O–H groups in total. The number of carbonyl (C=O) groups is 4. The molecule has 0 spiro atoms. The molecule has 17 heteroatoms. The molecule has 0 atom stereocenters. The molecule has 0 aliphatic carbocycles. The van der Waals surface area contributed by atoms with Crippen molar-refractivity contribution in [2.24, 2.45) is 11.5 Å². The number of aliphatic carboxylic acids is 2. The number of ether oxygens (including phenoxy) is 8. The first-order chi connectivity index (χ1) is 40.7. The number of rotatable bonds is 31. The molecular formula is C66H79N3O14. The summed E-state index contributed by atoms with van der Waals surface area (Å²) in [6, 6.07) is 22.7. The molecule has 1 aliphatic heterocycles. The van der Waals surface area contributed by atoms with E-state index in [2.05, 4.69) is 5.32 Å². The van der Waals surface area contributed by atoms with Gasteiger partial charge >= 0.3 is 11.9 Å². The second-order valence-electron chi connectivity index (χ2n) is 21.5. The molecule has 1 aliphatic rings. The molecule has 9 rings (SSSR count). The van der Waals surface area contributed by atoms with Crippen LogP contribution in [0, 0.1) is 0 Å². The van der Waals surface area contributed by atoms with Crippen molar-refractivity contribution < 1.29 is 67.3 Å². The minimum absolute atomic E-state index is 0.0337. The zero-order chi connectivity index (χ0) is 57.9. The van der Waals surface area contributed by atoms with Crippen molar-refractivity contribution in [3.63, 3.8) is 0 Å². The van der Waals surface area contributed by atoms with Gasteiger partial charge in [-0.2, -0.15) is 0 Å². The number of hydrogen-bond donors (Lipinski definition) is 5. The van der Waals surface area contributed by atoms with E-state index < -0.39 is 31.1 Å². The Hall–Kier alpha value is -7.76. The van der Waals surface area contributed by atoms with Gasteiger partial charge in [-0.1, -0.05) is 169 Å². The van der Waals surface area contributed by atoms with Crippen LogP contribution in [0.4, 0.5) is 0 Å². The van der Waals surface area contributed by atoms with E-state index in [0.717, 1.165) is 111 Å². The Kier molecular flexibility index (Phi) is 21.6. The van der Waals surface area contributed by atoms with Crippen LogP contribution in [0.3, 0.4) is 0 Å². The van der Waals surface area contributed by atoms with Crippen molar-refractivity contribution in [1.29, 1.82) is 0 Å². The Balaban J connectivity index is 0.961. The normalized spacial score (nSPS) is 13.4. The highest BCUT2D eigenvalue weighted by molar-refractivity contribution is 6.31. The monoisotopic (exact) mass is 1140 g/mol. The van der Waals surface area contributed by atoms with Gasteiger partial charge in [-0.25, -0.2) is 4.79 Å². The third-order valence-corrected chi connectivity index (χ3v) is 15.6. The van der Waals surface area contributed by atoms with Crippen LogP contribution in [-0.4, -0.2) is 93.5 Å². The lowest BCUT2D eigenvalue weighted by Crippen LogP contribution is -2.32. The van der Waals surface area contributed by atoms with E-state index in [4.69, 9.17) is 54.5 Å². The summed E-state index contributed by atoms with van der Waals surface area (Å²) in [5.74, 6) is 0.311. The fraction of sp³-hybridized carbons (Fsp3) is 0.455. The molecule has 0 saturated heterocycles. The molecule has 83 heavy (non-hydrogen) atoms. The third-order valence-electron chi connectivity index (χ3n) is 15.6. The van der Waals surface area contributed by atoms with E-state index in [1.165, 1.54) is 38.5 Å². The fourth-order valence-electron chi connectivity index (χ4n) is 11.6. The Morgan fingerprint density at radius 1 is 0.446 bits per heavy atom. The summed E-state index contributed by atoms with van der Waals surface area (Å²) in [4.78, 5) is 50.9. The van der Waals surface area contributed by atoms with Crippen molar-refractivity contribution in [2.45, 2.75) is 135 Å². The summed E-state index contributed by atoms with van der Waals surface area (Å²) in [7, 11) is 0. The Labute approximate surface area is 483 Å². The number of fused-ring (bicyclic) bond motifs is 6. The summed E-state index contributed by atoms with van der Waals surface area (Å²) in [6.07, 6.45) is 20.3. The third kappa shape index (κ3) is 14.5. The Bertz CT molecular complexity index is 3470. The Morgan fingerprint density at radius 3 is 1.28 bits per heavy atom. The number of hydrogen-bond acceptors (Lipinski definition) is 14. The Morgan fingerprint density at radius 2 is 0.831 bits per heavy atom.